The number of fused-ring (bicyclic) bond motifs is 6. The lowest BCUT2D eigenvalue weighted by Crippen LogP contribution is -2.41. The summed E-state index contributed by atoms with van der Waals surface area (Å²) >= 11 is 0. The molecule has 1 fully saturated rings. The summed E-state index contributed by atoms with van der Waals surface area (Å²) in [5.74, 6) is -4.02. The van der Waals surface area contributed by atoms with Crippen molar-refractivity contribution in [2.75, 3.05) is 19.6 Å². The van der Waals surface area contributed by atoms with Gasteiger partial charge in [-0.25, -0.2) is 8.78 Å². The highest BCUT2D eigenvalue weighted by Gasteiger charge is 2.37. The molecular formula is C36H32F5N3O5. The quantitative estimate of drug-likeness (QED) is 0.220. The number of aliphatic carboxylic acids is 1. The van der Waals surface area contributed by atoms with E-state index in [0.717, 1.165) is 18.7 Å². The van der Waals surface area contributed by atoms with Gasteiger partial charge in [-0.1, -0.05) is 12.1 Å². The van der Waals surface area contributed by atoms with E-state index in [4.69, 9.17) is 4.74 Å². The number of hydrogen-bond donors (Lipinski definition) is 2. The summed E-state index contributed by atoms with van der Waals surface area (Å²) in [6, 6.07) is 8.44. The van der Waals surface area contributed by atoms with Crippen molar-refractivity contribution in [3.8, 4) is 22.6 Å². The van der Waals surface area contributed by atoms with Crippen LogP contribution in [0, 0.1) is 25.5 Å². The van der Waals surface area contributed by atoms with Crippen molar-refractivity contribution in [2.45, 2.75) is 51.4 Å². The number of alkyl halides is 3. The van der Waals surface area contributed by atoms with E-state index in [0.29, 0.717) is 40.4 Å². The normalized spacial score (nSPS) is 17.8. The topological polar surface area (TPSA) is 101 Å². The van der Waals surface area contributed by atoms with E-state index in [-0.39, 0.29) is 41.2 Å². The Balaban J connectivity index is 1.60. The number of halogens is 5. The molecule has 0 unspecified atom stereocenters. The van der Waals surface area contributed by atoms with Crippen molar-refractivity contribution >= 4 is 11.9 Å². The molecule has 1 amide bonds. The van der Waals surface area contributed by atoms with Crippen molar-refractivity contribution in [1.82, 2.24) is 14.8 Å². The smallest absolute Gasteiger partial charge is 0.416 e. The lowest BCUT2D eigenvalue weighted by Gasteiger charge is -2.31. The lowest BCUT2D eigenvalue weighted by atomic mass is 9.92. The van der Waals surface area contributed by atoms with Crippen LogP contribution in [0.3, 0.4) is 0 Å². The van der Waals surface area contributed by atoms with Gasteiger partial charge in [0.2, 0.25) is 5.91 Å². The van der Waals surface area contributed by atoms with Crippen LogP contribution in [0.15, 0.2) is 65.6 Å². The largest absolute Gasteiger partial charge is 0.481 e. The molecule has 1 saturated heterocycles. The molecular weight excluding hydrogens is 649 g/mol. The van der Waals surface area contributed by atoms with Gasteiger partial charge >= 0.3 is 12.1 Å². The standard InChI is InChI=1S/C36H32F5N3O5/c1-19-5-3-6-29-32(19)22-13-20(2)33(38)25(14-22)28(17-31(46)47)42-35(48)34(24-15-23(49-29)7-8-27(24)37)44-18-21(9-12-43-10-4-11-43)26(16-30(44)45)36(39,40)41/h3,5-8,13-16,18,28,34H,4,9-12,17H2,1-2H3,(H,42,48)(H,46,47)/t28-,34-/m0/s1. The molecule has 0 spiro atoms. The van der Waals surface area contributed by atoms with Gasteiger partial charge in [-0.15, -0.1) is 0 Å². The summed E-state index contributed by atoms with van der Waals surface area (Å²) in [7, 11) is 0. The molecule has 2 aliphatic rings. The van der Waals surface area contributed by atoms with E-state index < -0.39 is 64.9 Å². The molecule has 49 heavy (non-hydrogen) atoms. The molecule has 0 aliphatic carbocycles. The predicted molar refractivity (Wildman–Crippen MR) is 170 cm³/mol. The first-order valence-corrected chi connectivity index (χ1v) is 15.7. The van der Waals surface area contributed by atoms with Crippen LogP contribution in [0.5, 0.6) is 11.5 Å². The van der Waals surface area contributed by atoms with E-state index in [1.807, 2.05) is 4.90 Å². The molecule has 3 heterocycles. The molecule has 8 nitrogen and oxygen atoms in total. The third-order valence-electron chi connectivity index (χ3n) is 9.01. The second-order valence-corrected chi connectivity index (χ2v) is 12.4. The molecule has 2 atom stereocenters. The summed E-state index contributed by atoms with van der Waals surface area (Å²) in [4.78, 5) is 41.8. The molecule has 0 radical (unpaired) electrons. The summed E-state index contributed by atoms with van der Waals surface area (Å²) in [5, 5.41) is 12.3. The van der Waals surface area contributed by atoms with Gasteiger partial charge in [0.05, 0.1) is 18.0 Å². The Morgan fingerprint density at radius 2 is 1.76 bits per heavy atom. The molecule has 4 bridgehead atoms. The first kappa shape index (κ1) is 33.8. The maximum Gasteiger partial charge on any atom is 0.416 e. The highest BCUT2D eigenvalue weighted by Crippen LogP contribution is 2.40. The molecule has 6 rings (SSSR count). The fourth-order valence-electron chi connectivity index (χ4n) is 6.43. The van der Waals surface area contributed by atoms with Gasteiger partial charge in [0.1, 0.15) is 29.2 Å². The van der Waals surface area contributed by atoms with Crippen LogP contribution < -0.4 is 15.6 Å². The number of carbonyl (C=O) groups excluding carboxylic acids is 1. The first-order chi connectivity index (χ1) is 23.2. The number of aryl methyl sites for hydroxylation is 2. The average Bonchev–Trinajstić information content (AvgIpc) is 2.99. The molecule has 13 heteroatoms. The molecule has 3 aromatic carbocycles. The van der Waals surface area contributed by atoms with Crippen LogP contribution in [0.2, 0.25) is 0 Å². The number of rotatable bonds is 6. The maximum absolute atomic E-state index is 15.9. The maximum atomic E-state index is 15.9. The van der Waals surface area contributed by atoms with Crippen LogP contribution in [0.4, 0.5) is 22.0 Å². The summed E-state index contributed by atoms with van der Waals surface area (Å²) in [6.45, 7) is 4.93. The third-order valence-corrected chi connectivity index (χ3v) is 9.01. The van der Waals surface area contributed by atoms with Gasteiger partial charge < -0.3 is 20.1 Å². The molecule has 2 N–H and O–H groups in total. The second kappa shape index (κ2) is 13.1. The zero-order chi connectivity index (χ0) is 35.2. The number of carboxylic acids is 1. The number of likely N-dealkylation sites (tertiary alicyclic amines) is 1. The van der Waals surface area contributed by atoms with E-state index in [9.17, 15) is 32.7 Å². The number of carboxylic acid groups (broad SMARTS) is 1. The average molecular weight is 682 g/mol. The molecule has 1 aromatic heterocycles. The second-order valence-electron chi connectivity index (χ2n) is 12.4. The Morgan fingerprint density at radius 1 is 1.00 bits per heavy atom. The monoisotopic (exact) mass is 681 g/mol. The van der Waals surface area contributed by atoms with E-state index >= 15 is 8.78 Å². The van der Waals surface area contributed by atoms with Crippen molar-refractivity contribution in [2.24, 2.45) is 0 Å². The van der Waals surface area contributed by atoms with Crippen LogP contribution in [-0.4, -0.2) is 46.1 Å². The summed E-state index contributed by atoms with van der Waals surface area (Å²) in [6.07, 6.45) is -4.02. The molecule has 0 saturated carbocycles. The predicted octanol–water partition coefficient (Wildman–Crippen LogP) is 6.70. The van der Waals surface area contributed by atoms with Crippen LogP contribution in [-0.2, 0) is 22.2 Å². The Bertz CT molecular complexity index is 2020. The van der Waals surface area contributed by atoms with E-state index in [1.165, 1.54) is 25.1 Å². The Hall–Kier alpha value is -5.04. The van der Waals surface area contributed by atoms with Gasteiger partial charge in [-0.05, 0) is 98.4 Å². The van der Waals surface area contributed by atoms with Gasteiger partial charge in [-0.2, -0.15) is 13.2 Å². The van der Waals surface area contributed by atoms with E-state index in [1.54, 1.807) is 31.2 Å². The van der Waals surface area contributed by atoms with Crippen molar-refractivity contribution in [3.63, 3.8) is 0 Å². The number of carbonyl (C=O) groups is 2. The Morgan fingerprint density at radius 3 is 2.43 bits per heavy atom. The van der Waals surface area contributed by atoms with Crippen molar-refractivity contribution < 1.29 is 41.4 Å². The minimum atomic E-state index is -4.90. The summed E-state index contributed by atoms with van der Waals surface area (Å²) < 4.78 is 81.0. The van der Waals surface area contributed by atoms with Gasteiger partial charge in [-0.3, -0.25) is 19.0 Å². The number of nitrogens with one attached hydrogen (secondary N) is 1. The number of nitrogens with zero attached hydrogens (tertiary/aromatic N) is 2. The van der Waals surface area contributed by atoms with Gasteiger partial charge in [0.15, 0.2) is 0 Å². The number of amides is 1. The van der Waals surface area contributed by atoms with Crippen LogP contribution in [0.1, 0.15) is 58.3 Å². The number of benzene rings is 3. The fourth-order valence-corrected chi connectivity index (χ4v) is 6.43. The Kier molecular flexibility index (Phi) is 9.05. The zero-order valence-corrected chi connectivity index (χ0v) is 26.5. The van der Waals surface area contributed by atoms with Gasteiger partial charge in [0.25, 0.3) is 5.56 Å². The van der Waals surface area contributed by atoms with Crippen molar-refractivity contribution in [1.29, 1.82) is 0 Å². The van der Waals surface area contributed by atoms with Gasteiger partial charge in [0, 0.05) is 35.5 Å². The number of aromatic nitrogens is 1. The first-order valence-electron chi connectivity index (χ1n) is 15.7. The molecule has 4 aromatic rings. The minimum absolute atomic E-state index is 0.0411. The van der Waals surface area contributed by atoms with Crippen molar-refractivity contribution in [3.05, 3.63) is 116 Å². The lowest BCUT2D eigenvalue weighted by molar-refractivity contribution is -0.139. The SMILES string of the molecule is Cc1cc2cc(c1F)[C@H](CC(=O)O)NC(=O)[C@@H](n1cc(CCN3CCC3)c(C(F)(F)F)cc1=O)c1cc(ccc1F)Oc1cccc(C)c1-2. The van der Waals surface area contributed by atoms with Crippen LogP contribution >= 0.6 is 0 Å². The number of ether oxygens (including phenoxy) is 1. The molecule has 256 valence electrons. The zero-order valence-electron chi connectivity index (χ0n) is 26.5. The van der Waals surface area contributed by atoms with Crippen LogP contribution in [0.25, 0.3) is 11.1 Å². The fraction of sp³-hybridized carbons (Fsp3) is 0.306. The third kappa shape index (κ3) is 6.80. The van der Waals surface area contributed by atoms with E-state index in [2.05, 4.69) is 5.32 Å². The summed E-state index contributed by atoms with van der Waals surface area (Å²) in [5.41, 5.74) is -1.52. The Labute approximate surface area is 277 Å². The molecule has 2 aliphatic heterocycles. The number of hydrogen-bond acceptors (Lipinski definition) is 5. The highest BCUT2D eigenvalue weighted by molar-refractivity contribution is 5.85. The highest BCUT2D eigenvalue weighted by atomic mass is 19.4. The minimum Gasteiger partial charge on any atom is -0.481 e. The number of pyridine rings is 1.